The third kappa shape index (κ3) is 4.69. The fourth-order valence-corrected chi connectivity index (χ4v) is 5.29. The number of rotatable bonds is 5. The average Bonchev–Trinajstić information content (AvgIpc) is 2.92. The standard InChI is InChI=1S/C16H29N3O4S/c1-4-15(20)17-13-6-5-8-19(10-13)12(2)16(21)18(3)14-7-9-24(22,23)11-14/h12-14H,4-11H2,1-3H3,(H,17,20). The minimum absolute atomic E-state index is 0.0362. The number of likely N-dealkylation sites (tertiary alicyclic amines) is 1. The Kier molecular flexibility index (Phi) is 6.25. The molecule has 0 spiro atoms. The molecule has 1 N–H and O–H groups in total. The molecule has 0 aromatic carbocycles. The van der Waals surface area contributed by atoms with Gasteiger partial charge in [0.2, 0.25) is 11.8 Å². The summed E-state index contributed by atoms with van der Waals surface area (Å²) in [5.41, 5.74) is 0. The van der Waals surface area contributed by atoms with Crippen molar-refractivity contribution in [2.75, 3.05) is 31.6 Å². The maximum Gasteiger partial charge on any atom is 0.239 e. The summed E-state index contributed by atoms with van der Waals surface area (Å²) in [5, 5.41) is 3.00. The Morgan fingerprint density at radius 1 is 1.33 bits per heavy atom. The van der Waals surface area contributed by atoms with Gasteiger partial charge in [-0.05, 0) is 32.7 Å². The lowest BCUT2D eigenvalue weighted by Crippen LogP contribution is -2.55. The van der Waals surface area contributed by atoms with Gasteiger partial charge in [0.25, 0.3) is 0 Å². The molecule has 0 aromatic rings. The predicted molar refractivity (Wildman–Crippen MR) is 92.3 cm³/mol. The summed E-state index contributed by atoms with van der Waals surface area (Å²) < 4.78 is 23.3. The Hall–Kier alpha value is -1.15. The first-order valence-electron chi connectivity index (χ1n) is 8.74. The fourth-order valence-electron chi connectivity index (χ4n) is 3.52. The van der Waals surface area contributed by atoms with Crippen LogP contribution < -0.4 is 5.32 Å². The molecule has 2 fully saturated rings. The molecule has 7 nitrogen and oxygen atoms in total. The minimum Gasteiger partial charge on any atom is -0.352 e. The van der Waals surface area contributed by atoms with E-state index in [1.54, 1.807) is 11.9 Å². The van der Waals surface area contributed by atoms with E-state index >= 15 is 0 Å². The second-order valence-electron chi connectivity index (χ2n) is 6.94. The summed E-state index contributed by atoms with van der Waals surface area (Å²) in [6.45, 7) is 5.18. The molecule has 2 saturated heterocycles. The molecular formula is C16H29N3O4S. The van der Waals surface area contributed by atoms with Gasteiger partial charge in [-0.2, -0.15) is 0 Å². The topological polar surface area (TPSA) is 86.8 Å². The molecule has 0 radical (unpaired) electrons. The second-order valence-corrected chi connectivity index (χ2v) is 9.17. The Labute approximate surface area is 144 Å². The number of piperidine rings is 1. The van der Waals surface area contributed by atoms with Crippen LogP contribution in [0.3, 0.4) is 0 Å². The van der Waals surface area contributed by atoms with E-state index in [2.05, 4.69) is 10.2 Å². The predicted octanol–water partition coefficient (Wildman–Crippen LogP) is 0.0110. The van der Waals surface area contributed by atoms with E-state index in [0.717, 1.165) is 19.4 Å². The van der Waals surface area contributed by atoms with Crippen LogP contribution in [0.2, 0.25) is 0 Å². The van der Waals surface area contributed by atoms with Crippen molar-refractivity contribution >= 4 is 21.7 Å². The summed E-state index contributed by atoms with van der Waals surface area (Å²) in [4.78, 5) is 28.0. The Balaban J connectivity index is 1.93. The van der Waals surface area contributed by atoms with E-state index in [0.29, 0.717) is 19.4 Å². The number of nitrogens with one attached hydrogen (secondary N) is 1. The van der Waals surface area contributed by atoms with E-state index in [1.807, 2.05) is 13.8 Å². The van der Waals surface area contributed by atoms with Crippen LogP contribution in [0, 0.1) is 0 Å². The largest absolute Gasteiger partial charge is 0.352 e. The lowest BCUT2D eigenvalue weighted by atomic mass is 10.0. The zero-order chi connectivity index (χ0) is 17.9. The van der Waals surface area contributed by atoms with E-state index < -0.39 is 9.84 Å². The maximum absolute atomic E-state index is 12.7. The van der Waals surface area contributed by atoms with E-state index in [1.165, 1.54) is 0 Å². The monoisotopic (exact) mass is 359 g/mol. The van der Waals surface area contributed by atoms with Gasteiger partial charge >= 0.3 is 0 Å². The molecule has 0 aromatic heterocycles. The fraction of sp³-hybridized carbons (Fsp3) is 0.875. The third-order valence-corrected chi connectivity index (χ3v) is 6.90. The van der Waals surface area contributed by atoms with Crippen LogP contribution in [0.4, 0.5) is 0 Å². The molecule has 8 heteroatoms. The minimum atomic E-state index is -3.00. The molecular weight excluding hydrogens is 330 g/mol. The summed E-state index contributed by atoms with van der Waals surface area (Å²) >= 11 is 0. The number of likely N-dealkylation sites (N-methyl/N-ethyl adjacent to an activating group) is 1. The molecule has 2 aliphatic heterocycles. The zero-order valence-electron chi connectivity index (χ0n) is 14.8. The van der Waals surface area contributed by atoms with Crippen LogP contribution in [-0.4, -0.2) is 79.8 Å². The van der Waals surface area contributed by atoms with Crippen molar-refractivity contribution < 1.29 is 18.0 Å². The molecule has 0 bridgehead atoms. The quantitative estimate of drug-likeness (QED) is 0.747. The first-order valence-corrected chi connectivity index (χ1v) is 10.6. The molecule has 138 valence electrons. The van der Waals surface area contributed by atoms with Crippen LogP contribution in [-0.2, 0) is 19.4 Å². The summed E-state index contributed by atoms with van der Waals surface area (Å²) in [5.74, 6) is 0.226. The molecule has 2 amide bonds. The van der Waals surface area contributed by atoms with Crippen molar-refractivity contribution in [3.05, 3.63) is 0 Å². The van der Waals surface area contributed by atoms with Crippen LogP contribution >= 0.6 is 0 Å². The highest BCUT2D eigenvalue weighted by Crippen LogP contribution is 2.20. The highest BCUT2D eigenvalue weighted by atomic mass is 32.2. The first-order chi connectivity index (χ1) is 11.2. The molecule has 0 aliphatic carbocycles. The summed E-state index contributed by atoms with van der Waals surface area (Å²) in [6.07, 6.45) is 2.85. The van der Waals surface area contributed by atoms with Gasteiger partial charge in [0.15, 0.2) is 9.84 Å². The second kappa shape index (κ2) is 7.82. The Morgan fingerprint density at radius 3 is 2.62 bits per heavy atom. The average molecular weight is 359 g/mol. The Bertz CT molecular complexity index is 578. The lowest BCUT2D eigenvalue weighted by Gasteiger charge is -2.38. The summed E-state index contributed by atoms with van der Waals surface area (Å²) in [6, 6.07) is -0.441. The van der Waals surface area contributed by atoms with Crippen LogP contribution in [0.25, 0.3) is 0 Å². The molecule has 2 aliphatic rings. The van der Waals surface area contributed by atoms with Gasteiger partial charge in [0, 0.05) is 32.1 Å². The van der Waals surface area contributed by atoms with Crippen molar-refractivity contribution in [1.29, 1.82) is 0 Å². The van der Waals surface area contributed by atoms with Gasteiger partial charge in [0.1, 0.15) is 0 Å². The normalized spacial score (nSPS) is 28.3. The van der Waals surface area contributed by atoms with Crippen molar-refractivity contribution in [3.63, 3.8) is 0 Å². The van der Waals surface area contributed by atoms with Crippen molar-refractivity contribution in [3.8, 4) is 0 Å². The highest BCUT2D eigenvalue weighted by Gasteiger charge is 2.36. The van der Waals surface area contributed by atoms with Gasteiger partial charge in [-0.3, -0.25) is 14.5 Å². The van der Waals surface area contributed by atoms with Crippen molar-refractivity contribution in [2.24, 2.45) is 0 Å². The van der Waals surface area contributed by atoms with Crippen LogP contribution in [0.1, 0.15) is 39.5 Å². The van der Waals surface area contributed by atoms with E-state index in [9.17, 15) is 18.0 Å². The number of amides is 2. The number of hydrogen-bond acceptors (Lipinski definition) is 5. The Morgan fingerprint density at radius 2 is 2.04 bits per heavy atom. The number of carbonyl (C=O) groups excluding carboxylic acids is 2. The number of nitrogens with zero attached hydrogens (tertiary/aromatic N) is 2. The van der Waals surface area contributed by atoms with Gasteiger partial charge in [-0.15, -0.1) is 0 Å². The van der Waals surface area contributed by atoms with E-state index in [-0.39, 0.29) is 41.4 Å². The number of hydrogen-bond donors (Lipinski definition) is 1. The molecule has 2 heterocycles. The summed E-state index contributed by atoms with van der Waals surface area (Å²) in [7, 11) is -1.31. The SMILES string of the molecule is CCC(=O)NC1CCCN(C(C)C(=O)N(C)C2CCS(=O)(=O)C2)C1. The lowest BCUT2D eigenvalue weighted by molar-refractivity contribution is -0.137. The van der Waals surface area contributed by atoms with Gasteiger partial charge in [-0.1, -0.05) is 6.92 Å². The van der Waals surface area contributed by atoms with Gasteiger partial charge < -0.3 is 10.2 Å². The first kappa shape index (κ1) is 19.2. The molecule has 3 atom stereocenters. The van der Waals surface area contributed by atoms with E-state index in [4.69, 9.17) is 0 Å². The molecule has 3 unspecified atom stereocenters. The molecule has 2 rings (SSSR count). The number of sulfone groups is 1. The van der Waals surface area contributed by atoms with Gasteiger partial charge in [-0.25, -0.2) is 8.42 Å². The third-order valence-electron chi connectivity index (χ3n) is 5.15. The van der Waals surface area contributed by atoms with Crippen molar-refractivity contribution in [2.45, 2.75) is 57.7 Å². The smallest absolute Gasteiger partial charge is 0.239 e. The van der Waals surface area contributed by atoms with Crippen LogP contribution in [0.15, 0.2) is 0 Å². The molecule has 0 saturated carbocycles. The maximum atomic E-state index is 12.7. The zero-order valence-corrected chi connectivity index (χ0v) is 15.6. The highest BCUT2D eigenvalue weighted by molar-refractivity contribution is 7.91. The van der Waals surface area contributed by atoms with Gasteiger partial charge in [0.05, 0.1) is 17.5 Å². The van der Waals surface area contributed by atoms with Crippen LogP contribution in [0.5, 0.6) is 0 Å². The number of carbonyl (C=O) groups is 2. The molecule has 24 heavy (non-hydrogen) atoms. The van der Waals surface area contributed by atoms with Crippen molar-refractivity contribution in [1.82, 2.24) is 15.1 Å².